The molecule has 1 unspecified atom stereocenters. The molecule has 0 aromatic heterocycles. The fourth-order valence-electron chi connectivity index (χ4n) is 1.90. The summed E-state index contributed by atoms with van der Waals surface area (Å²) in [6.45, 7) is 1.96. The smallest absolute Gasteiger partial charge is 0.126 e. The summed E-state index contributed by atoms with van der Waals surface area (Å²) in [5.41, 5.74) is 8.90. The highest BCUT2D eigenvalue weighted by Crippen LogP contribution is 2.36. The first kappa shape index (κ1) is 12.9. The third-order valence-corrected chi connectivity index (χ3v) is 3.24. The molecule has 0 spiro atoms. The second-order valence-corrected chi connectivity index (χ2v) is 4.64. The van der Waals surface area contributed by atoms with Gasteiger partial charge in [0, 0.05) is 22.2 Å². The lowest BCUT2D eigenvalue weighted by Crippen LogP contribution is -2.05. The summed E-state index contributed by atoms with van der Waals surface area (Å²) in [4.78, 5) is 0. The minimum atomic E-state index is -0.0165. The van der Waals surface area contributed by atoms with E-state index in [4.69, 9.17) is 22.1 Å². The lowest BCUT2D eigenvalue weighted by molar-refractivity contribution is 0.416. The Labute approximate surface area is 112 Å². The van der Waals surface area contributed by atoms with Crippen molar-refractivity contribution in [1.82, 2.24) is 0 Å². The number of halogens is 1. The molecule has 1 atom stereocenters. The first-order chi connectivity index (χ1) is 8.63. The summed E-state index contributed by atoms with van der Waals surface area (Å²) in [5, 5.41) is 0.706. The number of hydrogen-bond donors (Lipinski definition) is 1. The van der Waals surface area contributed by atoms with Crippen molar-refractivity contribution < 1.29 is 4.74 Å². The third kappa shape index (κ3) is 2.50. The van der Waals surface area contributed by atoms with Gasteiger partial charge in [-0.2, -0.15) is 0 Å². The lowest BCUT2D eigenvalue weighted by Gasteiger charge is -2.13. The van der Waals surface area contributed by atoms with Gasteiger partial charge in [-0.1, -0.05) is 35.9 Å². The Balaban J connectivity index is 2.61. The van der Waals surface area contributed by atoms with Gasteiger partial charge in [0.15, 0.2) is 0 Å². The molecule has 0 saturated carbocycles. The van der Waals surface area contributed by atoms with Crippen molar-refractivity contribution in [3.05, 3.63) is 53.1 Å². The van der Waals surface area contributed by atoms with Gasteiger partial charge >= 0.3 is 0 Å². The number of benzene rings is 2. The van der Waals surface area contributed by atoms with Crippen molar-refractivity contribution in [1.29, 1.82) is 0 Å². The number of nitrogens with two attached hydrogens (primary N) is 1. The predicted octanol–water partition coefficient (Wildman–Crippen LogP) is 4.04. The standard InChI is InChI=1S/C15H16ClNO/c1-10(17)11-7-8-15(18-2)13(9-11)12-5-3-4-6-14(12)16/h3-10H,17H2,1-2H3. The zero-order chi connectivity index (χ0) is 13.1. The molecule has 94 valence electrons. The Morgan fingerprint density at radius 2 is 1.83 bits per heavy atom. The minimum absolute atomic E-state index is 0.0165. The van der Waals surface area contributed by atoms with Gasteiger partial charge in [-0.3, -0.25) is 0 Å². The normalized spacial score (nSPS) is 12.2. The van der Waals surface area contributed by atoms with Crippen LogP contribution in [0.15, 0.2) is 42.5 Å². The van der Waals surface area contributed by atoms with E-state index in [2.05, 4.69) is 0 Å². The van der Waals surface area contributed by atoms with Crippen molar-refractivity contribution in [3.8, 4) is 16.9 Å². The first-order valence-corrected chi connectivity index (χ1v) is 6.19. The Morgan fingerprint density at radius 1 is 1.11 bits per heavy atom. The summed E-state index contributed by atoms with van der Waals surface area (Å²) < 4.78 is 5.39. The van der Waals surface area contributed by atoms with Gasteiger partial charge in [0.25, 0.3) is 0 Å². The van der Waals surface area contributed by atoms with E-state index in [0.717, 1.165) is 22.4 Å². The van der Waals surface area contributed by atoms with Crippen molar-refractivity contribution in [2.24, 2.45) is 5.73 Å². The zero-order valence-electron chi connectivity index (χ0n) is 10.5. The molecule has 2 aromatic carbocycles. The van der Waals surface area contributed by atoms with Gasteiger partial charge < -0.3 is 10.5 Å². The van der Waals surface area contributed by atoms with Gasteiger partial charge in [-0.25, -0.2) is 0 Å². The maximum atomic E-state index is 6.23. The first-order valence-electron chi connectivity index (χ1n) is 5.82. The molecule has 2 rings (SSSR count). The monoisotopic (exact) mass is 261 g/mol. The van der Waals surface area contributed by atoms with E-state index in [1.54, 1.807) is 7.11 Å². The quantitative estimate of drug-likeness (QED) is 0.905. The van der Waals surface area contributed by atoms with Gasteiger partial charge in [0.2, 0.25) is 0 Å². The number of methoxy groups -OCH3 is 1. The molecule has 0 heterocycles. The zero-order valence-corrected chi connectivity index (χ0v) is 11.2. The van der Waals surface area contributed by atoms with Crippen LogP contribution in [-0.4, -0.2) is 7.11 Å². The van der Waals surface area contributed by atoms with Crippen LogP contribution in [-0.2, 0) is 0 Å². The third-order valence-electron chi connectivity index (χ3n) is 2.91. The van der Waals surface area contributed by atoms with Gasteiger partial charge in [0.05, 0.1) is 7.11 Å². The molecule has 3 heteroatoms. The van der Waals surface area contributed by atoms with E-state index in [1.807, 2.05) is 49.4 Å². The maximum absolute atomic E-state index is 6.23. The Hall–Kier alpha value is -1.51. The Morgan fingerprint density at radius 3 is 2.44 bits per heavy atom. The second kappa shape index (κ2) is 5.42. The van der Waals surface area contributed by atoms with Crippen LogP contribution >= 0.6 is 11.6 Å². The highest BCUT2D eigenvalue weighted by atomic mass is 35.5. The highest BCUT2D eigenvalue weighted by molar-refractivity contribution is 6.33. The summed E-state index contributed by atoms with van der Waals surface area (Å²) >= 11 is 6.23. The van der Waals surface area contributed by atoms with Gasteiger partial charge in [0.1, 0.15) is 5.75 Å². The van der Waals surface area contributed by atoms with Crippen LogP contribution in [0.3, 0.4) is 0 Å². The molecule has 2 N–H and O–H groups in total. The van der Waals surface area contributed by atoms with Crippen LogP contribution in [0.5, 0.6) is 5.75 Å². The number of rotatable bonds is 3. The Kier molecular flexibility index (Phi) is 3.90. The summed E-state index contributed by atoms with van der Waals surface area (Å²) in [7, 11) is 1.65. The molecular weight excluding hydrogens is 246 g/mol. The van der Waals surface area contributed by atoms with Crippen LogP contribution in [0.25, 0.3) is 11.1 Å². The minimum Gasteiger partial charge on any atom is -0.496 e. The average Bonchev–Trinajstić information content (AvgIpc) is 2.38. The van der Waals surface area contributed by atoms with E-state index in [0.29, 0.717) is 5.02 Å². The second-order valence-electron chi connectivity index (χ2n) is 4.23. The predicted molar refractivity (Wildman–Crippen MR) is 76.0 cm³/mol. The summed E-state index contributed by atoms with van der Waals surface area (Å²) in [5.74, 6) is 0.799. The van der Waals surface area contributed by atoms with Crippen molar-refractivity contribution >= 4 is 11.6 Å². The topological polar surface area (TPSA) is 35.2 Å². The molecule has 0 bridgehead atoms. The molecule has 0 saturated heterocycles. The molecule has 2 aromatic rings. The summed E-state index contributed by atoms with van der Waals surface area (Å²) in [6.07, 6.45) is 0. The van der Waals surface area contributed by atoms with Crippen LogP contribution < -0.4 is 10.5 Å². The van der Waals surface area contributed by atoms with E-state index in [1.165, 1.54) is 0 Å². The Bertz CT molecular complexity index is 552. The molecular formula is C15H16ClNO. The highest BCUT2D eigenvalue weighted by Gasteiger charge is 2.11. The van der Waals surface area contributed by atoms with Gasteiger partial charge in [-0.15, -0.1) is 0 Å². The maximum Gasteiger partial charge on any atom is 0.126 e. The fourth-order valence-corrected chi connectivity index (χ4v) is 2.14. The largest absolute Gasteiger partial charge is 0.496 e. The molecule has 0 aliphatic rings. The van der Waals surface area contributed by atoms with Crippen molar-refractivity contribution in [2.45, 2.75) is 13.0 Å². The molecule has 18 heavy (non-hydrogen) atoms. The SMILES string of the molecule is COc1ccc(C(C)N)cc1-c1ccccc1Cl. The van der Waals surface area contributed by atoms with Gasteiger partial charge in [-0.05, 0) is 30.7 Å². The average molecular weight is 262 g/mol. The van der Waals surface area contributed by atoms with E-state index in [-0.39, 0.29) is 6.04 Å². The molecule has 2 nitrogen and oxygen atoms in total. The molecule has 0 aliphatic heterocycles. The van der Waals surface area contributed by atoms with Crippen LogP contribution in [0.2, 0.25) is 5.02 Å². The fraction of sp³-hybridized carbons (Fsp3) is 0.200. The van der Waals surface area contributed by atoms with Crippen LogP contribution in [0.4, 0.5) is 0 Å². The van der Waals surface area contributed by atoms with E-state index >= 15 is 0 Å². The molecule has 0 radical (unpaired) electrons. The lowest BCUT2D eigenvalue weighted by atomic mass is 9.99. The van der Waals surface area contributed by atoms with Crippen molar-refractivity contribution in [3.63, 3.8) is 0 Å². The molecule has 0 amide bonds. The van der Waals surface area contributed by atoms with Crippen LogP contribution in [0, 0.1) is 0 Å². The number of ether oxygens (including phenoxy) is 1. The molecule has 0 fully saturated rings. The number of hydrogen-bond acceptors (Lipinski definition) is 2. The summed E-state index contributed by atoms with van der Waals surface area (Å²) in [6, 6.07) is 13.6. The van der Waals surface area contributed by atoms with E-state index < -0.39 is 0 Å². The van der Waals surface area contributed by atoms with E-state index in [9.17, 15) is 0 Å². The van der Waals surface area contributed by atoms with Crippen molar-refractivity contribution in [2.75, 3.05) is 7.11 Å². The molecule has 0 aliphatic carbocycles. The van der Waals surface area contributed by atoms with Crippen LogP contribution in [0.1, 0.15) is 18.5 Å².